The molecule has 1 rings (SSSR count). The zero-order valence-corrected chi connectivity index (χ0v) is 11.2. The molecule has 1 N–H and O–H groups in total. The first kappa shape index (κ1) is 14.8. The van der Waals surface area contributed by atoms with Gasteiger partial charge < -0.3 is 9.84 Å². The number of ether oxygens (including phenoxy) is 1. The van der Waals surface area contributed by atoms with Crippen molar-refractivity contribution in [2.45, 2.75) is 40.3 Å². The Kier molecular flexibility index (Phi) is 5.43. The van der Waals surface area contributed by atoms with Crippen LogP contribution in [0.15, 0.2) is 6.20 Å². The van der Waals surface area contributed by atoms with E-state index in [9.17, 15) is 4.79 Å². The Morgan fingerprint density at radius 3 is 2.83 bits per heavy atom. The fourth-order valence-corrected chi connectivity index (χ4v) is 1.39. The lowest BCUT2D eigenvalue weighted by atomic mass is 9.89. The van der Waals surface area contributed by atoms with Crippen LogP contribution in [0.5, 0.6) is 0 Å². The van der Waals surface area contributed by atoms with Crippen LogP contribution in [-0.2, 0) is 22.7 Å². The van der Waals surface area contributed by atoms with E-state index in [4.69, 9.17) is 9.84 Å². The number of rotatable bonds is 7. The van der Waals surface area contributed by atoms with Gasteiger partial charge in [-0.2, -0.15) is 0 Å². The predicted molar refractivity (Wildman–Crippen MR) is 65.8 cm³/mol. The van der Waals surface area contributed by atoms with E-state index in [1.54, 1.807) is 10.9 Å². The minimum Gasteiger partial charge on any atom is -0.394 e. The minimum atomic E-state index is -0.316. The average Bonchev–Trinajstić information content (AvgIpc) is 2.71. The van der Waals surface area contributed by atoms with Gasteiger partial charge in [0.15, 0.2) is 0 Å². The molecule has 0 unspecified atom stereocenters. The molecule has 0 saturated heterocycles. The van der Waals surface area contributed by atoms with E-state index in [0.717, 1.165) is 5.69 Å². The molecular formula is C12H21N3O3. The number of aromatic nitrogens is 3. The molecule has 0 fully saturated rings. The first-order chi connectivity index (χ1) is 8.45. The van der Waals surface area contributed by atoms with Gasteiger partial charge in [0.05, 0.1) is 38.3 Å². The highest BCUT2D eigenvalue weighted by Crippen LogP contribution is 2.16. The SMILES string of the molecule is CC(C)(C)C(=O)CCOCc1cnnn1CCO. The number of hydrogen-bond acceptors (Lipinski definition) is 5. The molecule has 0 aliphatic heterocycles. The Bertz CT molecular complexity index is 382. The van der Waals surface area contributed by atoms with E-state index in [1.807, 2.05) is 20.8 Å². The highest BCUT2D eigenvalue weighted by atomic mass is 16.5. The molecule has 0 aromatic carbocycles. The Morgan fingerprint density at radius 2 is 2.22 bits per heavy atom. The van der Waals surface area contributed by atoms with Gasteiger partial charge in [-0.1, -0.05) is 26.0 Å². The van der Waals surface area contributed by atoms with Gasteiger partial charge in [-0.25, -0.2) is 4.68 Å². The number of ketones is 1. The van der Waals surface area contributed by atoms with Gasteiger partial charge in [0.1, 0.15) is 5.78 Å². The smallest absolute Gasteiger partial charge is 0.140 e. The van der Waals surface area contributed by atoms with E-state index in [-0.39, 0.29) is 17.8 Å². The van der Waals surface area contributed by atoms with Crippen molar-refractivity contribution in [2.75, 3.05) is 13.2 Å². The zero-order chi connectivity index (χ0) is 13.6. The molecule has 1 aromatic heterocycles. The third kappa shape index (κ3) is 4.54. The second-order valence-corrected chi connectivity index (χ2v) is 5.15. The van der Waals surface area contributed by atoms with Crippen LogP contribution < -0.4 is 0 Å². The quantitative estimate of drug-likeness (QED) is 0.729. The zero-order valence-electron chi connectivity index (χ0n) is 11.2. The summed E-state index contributed by atoms with van der Waals surface area (Å²) in [5, 5.41) is 16.4. The summed E-state index contributed by atoms with van der Waals surface area (Å²) in [7, 11) is 0. The summed E-state index contributed by atoms with van der Waals surface area (Å²) in [5.74, 6) is 0.185. The summed E-state index contributed by atoms with van der Waals surface area (Å²) in [6.45, 7) is 6.85. The van der Waals surface area contributed by atoms with E-state index in [2.05, 4.69) is 10.3 Å². The first-order valence-electron chi connectivity index (χ1n) is 6.04. The van der Waals surface area contributed by atoms with Crippen LogP contribution in [0.2, 0.25) is 0 Å². The van der Waals surface area contributed by atoms with Crippen molar-refractivity contribution in [2.24, 2.45) is 5.41 Å². The Morgan fingerprint density at radius 1 is 1.50 bits per heavy atom. The Balaban J connectivity index is 2.30. The molecule has 0 bridgehead atoms. The maximum absolute atomic E-state index is 11.7. The number of aliphatic hydroxyl groups is 1. The van der Waals surface area contributed by atoms with Gasteiger partial charge in [0.25, 0.3) is 0 Å². The molecule has 6 heteroatoms. The second kappa shape index (κ2) is 6.61. The third-order valence-electron chi connectivity index (χ3n) is 2.57. The summed E-state index contributed by atoms with van der Waals surface area (Å²) in [6.07, 6.45) is 2.01. The van der Waals surface area contributed by atoms with Crippen molar-refractivity contribution in [3.05, 3.63) is 11.9 Å². The maximum atomic E-state index is 11.7. The van der Waals surface area contributed by atoms with Crippen molar-refractivity contribution in [1.82, 2.24) is 15.0 Å². The van der Waals surface area contributed by atoms with Crippen molar-refractivity contribution in [3.63, 3.8) is 0 Å². The lowest BCUT2D eigenvalue weighted by Gasteiger charge is -2.16. The molecule has 0 saturated carbocycles. The number of aliphatic hydroxyl groups excluding tert-OH is 1. The first-order valence-corrected chi connectivity index (χ1v) is 6.04. The molecule has 102 valence electrons. The molecule has 0 radical (unpaired) electrons. The number of Topliss-reactive ketones (excluding diaryl/α,β-unsaturated/α-hetero) is 1. The molecule has 0 atom stereocenters. The molecule has 0 aliphatic rings. The van der Waals surface area contributed by atoms with Crippen molar-refractivity contribution < 1.29 is 14.6 Å². The molecule has 0 spiro atoms. The highest BCUT2D eigenvalue weighted by Gasteiger charge is 2.20. The van der Waals surface area contributed by atoms with Gasteiger partial charge in [0.2, 0.25) is 0 Å². The monoisotopic (exact) mass is 255 g/mol. The predicted octanol–water partition coefficient (Wildman–Crippen LogP) is 0.792. The van der Waals surface area contributed by atoms with Gasteiger partial charge in [-0.15, -0.1) is 5.10 Å². The summed E-state index contributed by atoms with van der Waals surface area (Å²) in [6, 6.07) is 0. The topological polar surface area (TPSA) is 77.2 Å². The van der Waals surface area contributed by atoms with E-state index in [0.29, 0.717) is 26.2 Å². The Hall–Kier alpha value is -1.27. The number of hydrogen-bond donors (Lipinski definition) is 1. The molecule has 6 nitrogen and oxygen atoms in total. The van der Waals surface area contributed by atoms with Gasteiger partial charge in [-0.3, -0.25) is 4.79 Å². The number of nitrogens with zero attached hydrogens (tertiary/aromatic N) is 3. The lowest BCUT2D eigenvalue weighted by Crippen LogP contribution is -2.21. The summed E-state index contributed by atoms with van der Waals surface area (Å²) >= 11 is 0. The molecular weight excluding hydrogens is 234 g/mol. The standard InChI is InChI=1S/C12H21N3O3/c1-12(2,3)11(17)4-7-18-9-10-8-13-14-15(10)5-6-16/h8,16H,4-7,9H2,1-3H3. The van der Waals surface area contributed by atoms with E-state index < -0.39 is 0 Å². The average molecular weight is 255 g/mol. The highest BCUT2D eigenvalue weighted by molar-refractivity contribution is 5.83. The van der Waals surface area contributed by atoms with Crippen molar-refractivity contribution in [3.8, 4) is 0 Å². The molecule has 0 aliphatic carbocycles. The van der Waals surface area contributed by atoms with E-state index in [1.165, 1.54) is 0 Å². The summed E-state index contributed by atoms with van der Waals surface area (Å²) < 4.78 is 7.02. The van der Waals surface area contributed by atoms with Crippen LogP contribution in [0, 0.1) is 5.41 Å². The van der Waals surface area contributed by atoms with Crippen LogP contribution in [-0.4, -0.2) is 39.1 Å². The maximum Gasteiger partial charge on any atom is 0.140 e. The summed E-state index contributed by atoms with van der Waals surface area (Å²) in [4.78, 5) is 11.7. The van der Waals surface area contributed by atoms with Gasteiger partial charge in [-0.05, 0) is 0 Å². The van der Waals surface area contributed by atoms with Crippen LogP contribution in [0.3, 0.4) is 0 Å². The van der Waals surface area contributed by atoms with Crippen LogP contribution in [0.25, 0.3) is 0 Å². The largest absolute Gasteiger partial charge is 0.394 e. The fourth-order valence-electron chi connectivity index (χ4n) is 1.39. The second-order valence-electron chi connectivity index (χ2n) is 5.15. The number of carbonyl (C=O) groups is 1. The molecule has 1 aromatic rings. The van der Waals surface area contributed by atoms with Gasteiger partial charge >= 0.3 is 0 Å². The Labute approximate surface area is 107 Å². The van der Waals surface area contributed by atoms with Gasteiger partial charge in [0, 0.05) is 11.8 Å². The molecule has 0 amide bonds. The lowest BCUT2D eigenvalue weighted by molar-refractivity contribution is -0.127. The number of carbonyl (C=O) groups excluding carboxylic acids is 1. The third-order valence-corrected chi connectivity index (χ3v) is 2.57. The van der Waals surface area contributed by atoms with Crippen LogP contribution >= 0.6 is 0 Å². The van der Waals surface area contributed by atoms with Crippen LogP contribution in [0.4, 0.5) is 0 Å². The molecule has 18 heavy (non-hydrogen) atoms. The van der Waals surface area contributed by atoms with Crippen molar-refractivity contribution >= 4 is 5.78 Å². The summed E-state index contributed by atoms with van der Waals surface area (Å²) in [5.41, 5.74) is 0.482. The molecule has 1 heterocycles. The van der Waals surface area contributed by atoms with Crippen LogP contribution in [0.1, 0.15) is 32.9 Å². The van der Waals surface area contributed by atoms with Crippen molar-refractivity contribution in [1.29, 1.82) is 0 Å². The normalized spacial score (nSPS) is 11.8. The minimum absolute atomic E-state index is 0.0128. The van der Waals surface area contributed by atoms with E-state index >= 15 is 0 Å². The fraction of sp³-hybridized carbons (Fsp3) is 0.750.